The van der Waals surface area contributed by atoms with Crippen LogP contribution in [0.4, 0.5) is 0 Å². The fourth-order valence-electron chi connectivity index (χ4n) is 1.79. The maximum Gasteiger partial charge on any atom is 0.545 e. The molecular formula is C12H9AlO3. The highest BCUT2D eigenvalue weighted by molar-refractivity contribution is 6.93. The highest BCUT2D eigenvalue weighted by Crippen LogP contribution is 1.96. The van der Waals surface area contributed by atoms with Gasteiger partial charge in [-0.2, -0.15) is 0 Å². The highest BCUT2D eigenvalue weighted by atomic mass is 27.2. The predicted molar refractivity (Wildman–Crippen MR) is 60.8 cm³/mol. The molecule has 0 saturated heterocycles. The van der Waals surface area contributed by atoms with Crippen LogP contribution in [0.15, 0.2) is 68.4 Å². The van der Waals surface area contributed by atoms with E-state index in [-0.39, 0.29) is 0 Å². The van der Waals surface area contributed by atoms with Crippen LogP contribution in [0.1, 0.15) is 0 Å². The Bertz CT molecular complexity index is 441. The second-order valence-electron chi connectivity index (χ2n) is 3.48. The van der Waals surface area contributed by atoms with Crippen molar-refractivity contribution in [1.82, 2.24) is 0 Å². The molecule has 0 aliphatic heterocycles. The molecule has 0 aliphatic rings. The summed E-state index contributed by atoms with van der Waals surface area (Å²) in [6.45, 7) is 0. The summed E-state index contributed by atoms with van der Waals surface area (Å²) in [7, 11) is 0. The summed E-state index contributed by atoms with van der Waals surface area (Å²) < 4.78 is 19.3. The lowest BCUT2D eigenvalue weighted by Gasteiger charge is -2.02. The molecule has 0 atom stereocenters. The van der Waals surface area contributed by atoms with Gasteiger partial charge < -0.3 is 13.3 Å². The van der Waals surface area contributed by atoms with Crippen molar-refractivity contribution >= 4 is 28.0 Å². The molecule has 16 heavy (non-hydrogen) atoms. The van der Waals surface area contributed by atoms with Gasteiger partial charge in [-0.3, -0.25) is 0 Å². The molecular weight excluding hydrogens is 219 g/mol. The van der Waals surface area contributed by atoms with E-state index in [2.05, 4.69) is 0 Å². The Morgan fingerprint density at radius 1 is 0.625 bits per heavy atom. The third-order valence-electron chi connectivity index (χ3n) is 2.48. The minimum atomic E-state index is -1.66. The summed E-state index contributed by atoms with van der Waals surface area (Å²) in [6, 6.07) is 11.6. The van der Waals surface area contributed by atoms with Gasteiger partial charge in [0.25, 0.3) is 0 Å². The zero-order valence-electron chi connectivity index (χ0n) is 8.50. The number of furan rings is 3. The van der Waals surface area contributed by atoms with Crippen molar-refractivity contribution in [3.63, 3.8) is 0 Å². The van der Waals surface area contributed by atoms with E-state index in [0.29, 0.717) is 0 Å². The Hall–Kier alpha value is -1.63. The van der Waals surface area contributed by atoms with E-state index in [1.165, 1.54) is 0 Å². The second-order valence-corrected chi connectivity index (χ2v) is 6.05. The van der Waals surface area contributed by atoms with Gasteiger partial charge in [0, 0.05) is 13.9 Å². The normalized spacial score (nSPS) is 10.5. The van der Waals surface area contributed by atoms with Crippen molar-refractivity contribution in [2.45, 2.75) is 0 Å². The fraction of sp³-hybridized carbons (Fsp3) is 0. The van der Waals surface area contributed by atoms with Crippen LogP contribution in [0.5, 0.6) is 0 Å². The topological polar surface area (TPSA) is 39.4 Å². The van der Waals surface area contributed by atoms with Gasteiger partial charge in [-0.25, -0.2) is 0 Å². The Kier molecular flexibility index (Phi) is 2.45. The van der Waals surface area contributed by atoms with Crippen LogP contribution in [0.2, 0.25) is 0 Å². The minimum Gasteiger partial charge on any atom is -0.487 e. The lowest BCUT2D eigenvalue weighted by Crippen LogP contribution is -2.50. The molecule has 0 bridgehead atoms. The van der Waals surface area contributed by atoms with Crippen molar-refractivity contribution in [1.29, 1.82) is 0 Å². The quantitative estimate of drug-likeness (QED) is 0.627. The molecule has 0 unspecified atom stereocenters. The average Bonchev–Trinajstić information content (AvgIpc) is 3.02. The molecule has 3 rings (SSSR count). The first-order valence-corrected chi connectivity index (χ1v) is 6.78. The average molecular weight is 228 g/mol. The van der Waals surface area contributed by atoms with Gasteiger partial charge in [-0.15, -0.1) is 0 Å². The molecule has 3 aromatic heterocycles. The van der Waals surface area contributed by atoms with E-state index in [4.69, 9.17) is 13.3 Å². The van der Waals surface area contributed by atoms with Crippen LogP contribution in [-0.4, -0.2) is 14.1 Å². The maximum absolute atomic E-state index is 5.48. The summed E-state index contributed by atoms with van der Waals surface area (Å²) in [6.07, 6.45) is 5.05. The van der Waals surface area contributed by atoms with Gasteiger partial charge in [0.1, 0.15) is 0 Å². The highest BCUT2D eigenvalue weighted by Gasteiger charge is 2.35. The molecule has 0 N–H and O–H groups in total. The van der Waals surface area contributed by atoms with E-state index >= 15 is 0 Å². The summed E-state index contributed by atoms with van der Waals surface area (Å²) in [5.41, 5.74) is 0. The molecule has 0 amide bonds. The van der Waals surface area contributed by atoms with Crippen LogP contribution in [0.25, 0.3) is 0 Å². The standard InChI is InChI=1S/3C4H3O.Al/c3*1-2-4-5-3-1;/h3*1-3H;. The van der Waals surface area contributed by atoms with Crippen molar-refractivity contribution in [3.05, 3.63) is 55.2 Å². The third kappa shape index (κ3) is 1.63. The Labute approximate surface area is 96.7 Å². The smallest absolute Gasteiger partial charge is 0.487 e. The SMILES string of the molecule is c1co[c]([Al]([c]2ccco2)[c]2ccco2)c1. The van der Waals surface area contributed by atoms with Gasteiger partial charge in [0.2, 0.25) is 0 Å². The summed E-state index contributed by atoms with van der Waals surface area (Å²) in [5.74, 6) is 0. The molecule has 3 nitrogen and oxygen atoms in total. The van der Waals surface area contributed by atoms with E-state index in [9.17, 15) is 0 Å². The lowest BCUT2D eigenvalue weighted by atomic mass is 10.7. The Morgan fingerprint density at radius 3 is 1.25 bits per heavy atom. The molecule has 0 saturated carbocycles. The van der Waals surface area contributed by atoms with Crippen molar-refractivity contribution < 1.29 is 13.3 Å². The van der Waals surface area contributed by atoms with Gasteiger partial charge in [0.15, 0.2) is 0 Å². The van der Waals surface area contributed by atoms with Crippen LogP contribution < -0.4 is 13.9 Å². The number of hydrogen-bond donors (Lipinski definition) is 0. The molecule has 3 heterocycles. The predicted octanol–water partition coefficient (Wildman–Crippen LogP) is 0.982. The molecule has 4 heteroatoms. The van der Waals surface area contributed by atoms with Crippen LogP contribution >= 0.6 is 0 Å². The number of rotatable bonds is 3. The van der Waals surface area contributed by atoms with Crippen LogP contribution in [0.3, 0.4) is 0 Å². The number of hydrogen-bond acceptors (Lipinski definition) is 3. The van der Waals surface area contributed by atoms with Gasteiger partial charge in [0.05, 0.1) is 18.8 Å². The minimum absolute atomic E-state index is 0.949. The van der Waals surface area contributed by atoms with Gasteiger partial charge in [-0.05, 0) is 36.4 Å². The summed E-state index contributed by atoms with van der Waals surface area (Å²) in [4.78, 5) is 0. The van der Waals surface area contributed by atoms with E-state index in [0.717, 1.165) is 13.9 Å². The molecule has 0 fully saturated rings. The van der Waals surface area contributed by atoms with Crippen LogP contribution in [-0.2, 0) is 0 Å². The summed E-state index contributed by atoms with van der Waals surface area (Å²) in [5, 5.41) is 0. The molecule has 3 aromatic rings. The third-order valence-corrected chi connectivity index (χ3v) is 5.18. The molecule has 0 aromatic carbocycles. The van der Waals surface area contributed by atoms with Gasteiger partial charge in [-0.1, -0.05) is 0 Å². The molecule has 0 radical (unpaired) electrons. The van der Waals surface area contributed by atoms with E-state index in [1.807, 2.05) is 36.4 Å². The van der Waals surface area contributed by atoms with E-state index in [1.54, 1.807) is 18.8 Å². The molecule has 78 valence electrons. The van der Waals surface area contributed by atoms with Crippen LogP contribution in [0, 0.1) is 0 Å². The van der Waals surface area contributed by atoms with Crippen molar-refractivity contribution in [2.24, 2.45) is 0 Å². The first kappa shape index (κ1) is 9.59. The Morgan fingerprint density at radius 2 is 1.00 bits per heavy atom. The summed E-state index contributed by atoms with van der Waals surface area (Å²) >= 11 is -1.66. The Balaban J connectivity index is 2.09. The fourth-order valence-corrected chi connectivity index (χ4v) is 4.18. The van der Waals surface area contributed by atoms with Crippen molar-refractivity contribution in [2.75, 3.05) is 0 Å². The van der Waals surface area contributed by atoms with Gasteiger partial charge >= 0.3 is 14.1 Å². The first-order valence-electron chi connectivity index (χ1n) is 5.05. The van der Waals surface area contributed by atoms with Crippen molar-refractivity contribution in [3.8, 4) is 0 Å². The van der Waals surface area contributed by atoms with E-state index < -0.39 is 14.1 Å². The second kappa shape index (κ2) is 4.09. The monoisotopic (exact) mass is 228 g/mol. The zero-order chi connectivity index (χ0) is 10.8. The first-order chi connectivity index (χ1) is 7.95. The lowest BCUT2D eigenvalue weighted by molar-refractivity contribution is 0.577. The largest absolute Gasteiger partial charge is 0.545 e. The molecule has 0 aliphatic carbocycles. The molecule has 0 spiro atoms. The zero-order valence-corrected chi connectivity index (χ0v) is 9.65. The maximum atomic E-state index is 5.48.